The Kier molecular flexibility index (Phi) is 7.47. The number of benzene rings is 2. The third-order valence-corrected chi connectivity index (χ3v) is 5.29. The molecule has 2 aromatic carbocycles. The predicted molar refractivity (Wildman–Crippen MR) is 121 cm³/mol. The van der Waals surface area contributed by atoms with Gasteiger partial charge in [0.25, 0.3) is 0 Å². The van der Waals surface area contributed by atoms with Crippen molar-refractivity contribution in [1.29, 1.82) is 0 Å². The number of para-hydroxylation sites is 1. The summed E-state index contributed by atoms with van der Waals surface area (Å²) in [6, 6.07) is 10.6. The largest absolute Gasteiger partial charge is 0.418 e. The quantitative estimate of drug-likeness (QED) is 0.430. The second kappa shape index (κ2) is 10.1. The van der Waals surface area contributed by atoms with Gasteiger partial charge in [-0.05, 0) is 48.7 Å². The maximum Gasteiger partial charge on any atom is 0.418 e. The summed E-state index contributed by atoms with van der Waals surface area (Å²) in [6.07, 6.45) is -2.35. The lowest BCUT2D eigenvalue weighted by Gasteiger charge is -2.25. The number of amides is 2. The monoisotopic (exact) mass is 465 g/mol. The summed E-state index contributed by atoms with van der Waals surface area (Å²) in [4.78, 5) is 12.2. The maximum atomic E-state index is 14.7. The van der Waals surface area contributed by atoms with E-state index in [4.69, 9.17) is 0 Å². The van der Waals surface area contributed by atoms with Gasteiger partial charge < -0.3 is 16.1 Å². The van der Waals surface area contributed by atoms with Crippen molar-refractivity contribution in [3.05, 3.63) is 66.0 Å². The molecule has 2 aromatic rings. The summed E-state index contributed by atoms with van der Waals surface area (Å²) in [6.45, 7) is 3.89. The lowest BCUT2D eigenvalue weighted by atomic mass is 9.99. The first kappa shape index (κ1) is 24.4. The summed E-state index contributed by atoms with van der Waals surface area (Å²) in [7, 11) is 1.75. The zero-order chi connectivity index (χ0) is 24.2. The van der Waals surface area contributed by atoms with Crippen LogP contribution in [0.2, 0.25) is 0 Å². The summed E-state index contributed by atoms with van der Waals surface area (Å²) in [5, 5.41) is 8.11. The lowest BCUT2D eigenvalue weighted by molar-refractivity contribution is -0.136. The zero-order valence-electron chi connectivity index (χ0n) is 18.6. The second-order valence-electron chi connectivity index (χ2n) is 7.90. The zero-order valence-corrected chi connectivity index (χ0v) is 18.6. The van der Waals surface area contributed by atoms with E-state index in [1.54, 1.807) is 47.6 Å². The Bertz CT molecular complexity index is 993. The van der Waals surface area contributed by atoms with E-state index in [0.29, 0.717) is 17.1 Å². The van der Waals surface area contributed by atoms with Crippen LogP contribution in [0.3, 0.4) is 0 Å². The van der Waals surface area contributed by atoms with E-state index >= 15 is 0 Å². The van der Waals surface area contributed by atoms with Crippen LogP contribution in [0, 0.1) is 5.92 Å². The van der Waals surface area contributed by atoms with Gasteiger partial charge in [-0.1, -0.05) is 32.4 Å². The molecule has 0 spiro atoms. The normalized spacial score (nSPS) is 16.1. The van der Waals surface area contributed by atoms with Crippen LogP contribution < -0.4 is 21.1 Å². The van der Waals surface area contributed by atoms with Gasteiger partial charge in [0.15, 0.2) is 0 Å². The predicted octanol–water partition coefficient (Wildman–Crippen LogP) is 6.14. The minimum Gasteiger partial charge on any atom is -0.308 e. The van der Waals surface area contributed by atoms with Gasteiger partial charge in [-0.2, -0.15) is 13.2 Å². The van der Waals surface area contributed by atoms with Crippen LogP contribution in [0.4, 0.5) is 39.4 Å². The molecule has 1 aliphatic heterocycles. The summed E-state index contributed by atoms with van der Waals surface area (Å²) >= 11 is 0. The van der Waals surface area contributed by atoms with Crippen LogP contribution in [0.5, 0.6) is 0 Å². The minimum absolute atomic E-state index is 0.116. The molecular weight excluding hydrogens is 438 g/mol. The van der Waals surface area contributed by atoms with Crippen molar-refractivity contribution in [2.45, 2.75) is 39.0 Å². The lowest BCUT2D eigenvalue weighted by Crippen LogP contribution is -2.40. The Morgan fingerprint density at radius 2 is 1.76 bits per heavy atom. The van der Waals surface area contributed by atoms with Crippen LogP contribution in [0.25, 0.3) is 0 Å². The molecule has 0 bridgehead atoms. The first-order chi connectivity index (χ1) is 15.6. The molecule has 0 fully saturated rings. The molecule has 0 radical (unpaired) electrons. The number of hydrazine groups is 2. The number of urea groups is 1. The van der Waals surface area contributed by atoms with Crippen molar-refractivity contribution in [3.63, 3.8) is 0 Å². The molecule has 10 heteroatoms. The van der Waals surface area contributed by atoms with Gasteiger partial charge in [0, 0.05) is 18.9 Å². The highest BCUT2D eigenvalue weighted by molar-refractivity contribution is 6.00. The van der Waals surface area contributed by atoms with E-state index in [-0.39, 0.29) is 11.6 Å². The van der Waals surface area contributed by atoms with Gasteiger partial charge in [0.05, 0.1) is 22.6 Å². The van der Waals surface area contributed by atoms with Gasteiger partial charge >= 0.3 is 12.2 Å². The summed E-state index contributed by atoms with van der Waals surface area (Å²) < 4.78 is 54.0. The van der Waals surface area contributed by atoms with E-state index in [1.165, 1.54) is 18.2 Å². The molecule has 0 aromatic heterocycles. The van der Waals surface area contributed by atoms with Gasteiger partial charge in [-0.25, -0.2) is 9.18 Å². The molecule has 178 valence electrons. The van der Waals surface area contributed by atoms with E-state index < -0.39 is 23.9 Å². The number of nitrogens with one attached hydrogen (secondary N) is 3. The minimum atomic E-state index is -4.58. The number of carbonyl (C=O) groups is 1. The van der Waals surface area contributed by atoms with Gasteiger partial charge in [-0.15, -0.1) is 5.12 Å². The molecule has 0 saturated carbocycles. The van der Waals surface area contributed by atoms with Crippen LogP contribution in [0.15, 0.2) is 60.4 Å². The number of hydrogen-bond acceptors (Lipinski definition) is 4. The second-order valence-corrected chi connectivity index (χ2v) is 7.90. The first-order valence-electron chi connectivity index (χ1n) is 10.6. The highest BCUT2D eigenvalue weighted by Gasteiger charge is 2.33. The van der Waals surface area contributed by atoms with E-state index in [9.17, 15) is 22.4 Å². The Labute approximate surface area is 190 Å². The Morgan fingerprint density at radius 1 is 1.09 bits per heavy atom. The molecule has 3 rings (SSSR count). The van der Waals surface area contributed by atoms with Crippen LogP contribution >= 0.6 is 0 Å². The molecule has 3 N–H and O–H groups in total. The Morgan fingerprint density at radius 3 is 2.39 bits per heavy atom. The Balaban J connectivity index is 1.66. The van der Waals surface area contributed by atoms with Gasteiger partial charge in [0.2, 0.25) is 0 Å². The Hall–Kier alpha value is -3.27. The third kappa shape index (κ3) is 5.95. The van der Waals surface area contributed by atoms with Crippen LogP contribution in [0.1, 0.15) is 32.3 Å². The molecule has 0 saturated heterocycles. The molecular formula is C23H27F4N5O. The van der Waals surface area contributed by atoms with Crippen molar-refractivity contribution in [1.82, 2.24) is 10.5 Å². The number of allylic oxidation sites excluding steroid dienone is 1. The first-order valence-corrected chi connectivity index (χ1v) is 10.6. The maximum absolute atomic E-state index is 14.7. The third-order valence-electron chi connectivity index (χ3n) is 5.29. The topological polar surface area (TPSA) is 59.6 Å². The van der Waals surface area contributed by atoms with E-state index in [2.05, 4.69) is 16.1 Å². The molecule has 33 heavy (non-hydrogen) atoms. The van der Waals surface area contributed by atoms with Crippen molar-refractivity contribution in [3.8, 4) is 0 Å². The van der Waals surface area contributed by atoms with Crippen molar-refractivity contribution >= 4 is 23.1 Å². The highest BCUT2D eigenvalue weighted by Crippen LogP contribution is 2.34. The molecule has 1 heterocycles. The molecule has 2 unspecified atom stereocenters. The van der Waals surface area contributed by atoms with Gasteiger partial charge in [-0.3, -0.25) is 5.01 Å². The summed E-state index contributed by atoms with van der Waals surface area (Å²) in [5.74, 6) is -0.116. The number of anilines is 3. The van der Waals surface area contributed by atoms with Crippen molar-refractivity contribution in [2.75, 3.05) is 22.7 Å². The number of alkyl halides is 4. The van der Waals surface area contributed by atoms with E-state index in [0.717, 1.165) is 18.9 Å². The fourth-order valence-electron chi connectivity index (χ4n) is 3.60. The number of carbonyl (C=O) groups excluding carboxylic acids is 1. The highest BCUT2D eigenvalue weighted by atomic mass is 19.4. The molecule has 2 atom stereocenters. The summed E-state index contributed by atoms with van der Waals surface area (Å²) in [5.41, 5.74) is 3.31. The fourth-order valence-corrected chi connectivity index (χ4v) is 3.60. The number of rotatable bonds is 7. The van der Waals surface area contributed by atoms with Crippen LogP contribution in [-0.4, -0.2) is 24.4 Å². The standard InChI is InChI=1S/C23H27F4N5O/c1-4-7-15(2)21(24)20-14-32(31(3)30-20)17-12-10-16(11-13-17)28-22(33)29-19-9-6-5-8-18(19)23(25,26)27/h5-6,8-15,21,30H,4,7H2,1-3H3,(H2,28,29,33). The number of hydrogen-bond donors (Lipinski definition) is 3. The molecule has 6 nitrogen and oxygen atoms in total. The molecule has 0 aliphatic carbocycles. The number of nitrogens with zero attached hydrogens (tertiary/aromatic N) is 2. The van der Waals surface area contributed by atoms with Crippen LogP contribution in [-0.2, 0) is 6.18 Å². The average Bonchev–Trinajstić information content (AvgIpc) is 3.15. The smallest absolute Gasteiger partial charge is 0.308 e. The fraction of sp³-hybridized carbons (Fsp3) is 0.348. The molecule has 2 amide bonds. The SMILES string of the molecule is CCCC(C)C(F)C1=CN(c2ccc(NC(=O)Nc3ccccc3C(F)(F)F)cc2)N(C)N1. The molecule has 1 aliphatic rings. The van der Waals surface area contributed by atoms with Crippen molar-refractivity contribution in [2.24, 2.45) is 5.92 Å². The van der Waals surface area contributed by atoms with E-state index in [1.807, 2.05) is 13.8 Å². The number of halogens is 4. The van der Waals surface area contributed by atoms with Gasteiger partial charge in [0.1, 0.15) is 6.17 Å². The average molecular weight is 465 g/mol. The van der Waals surface area contributed by atoms with Crippen molar-refractivity contribution < 1.29 is 22.4 Å².